The van der Waals surface area contributed by atoms with E-state index in [0.29, 0.717) is 0 Å². The van der Waals surface area contributed by atoms with Crippen molar-refractivity contribution in [2.45, 2.75) is 0 Å². The molecule has 4 heavy (non-hydrogen) atoms. The normalized spacial score (nSPS) is 0. The van der Waals surface area contributed by atoms with Crippen LogP contribution in [0.3, 0.4) is 0 Å². The summed E-state index contributed by atoms with van der Waals surface area (Å²) in [6, 6.07) is 0. The van der Waals surface area contributed by atoms with Gasteiger partial charge in [-0.1, -0.05) is 0 Å². The molecule has 0 bridgehead atoms. The summed E-state index contributed by atoms with van der Waals surface area (Å²) in [5, 5.41) is 0. The van der Waals surface area contributed by atoms with Crippen LogP contribution in [-0.2, 0) is 0 Å². The summed E-state index contributed by atoms with van der Waals surface area (Å²) in [6.07, 6.45) is 0. The van der Waals surface area contributed by atoms with Gasteiger partial charge in [0.1, 0.15) is 0 Å². The van der Waals surface area contributed by atoms with Crippen molar-refractivity contribution in [1.29, 1.82) is 0 Å². The minimum atomic E-state index is 0. The molecule has 0 spiro atoms. The molecule has 4 heteroatoms. The Morgan fingerprint density at radius 1 is 0.500 bits per heavy atom. The summed E-state index contributed by atoms with van der Waals surface area (Å²) in [6.45, 7) is 0. The maximum atomic E-state index is 0. The molecule has 0 unspecified atom stereocenters. The summed E-state index contributed by atoms with van der Waals surface area (Å²) in [5.41, 5.74) is 0. The predicted molar refractivity (Wildman–Crippen MR) is 7.23 cm³/mol. The first-order chi connectivity index (χ1) is 0. The van der Waals surface area contributed by atoms with Crippen LogP contribution in [0, 0.1) is 62.2 Å². The molecule has 24 valence electrons. The summed E-state index contributed by atoms with van der Waals surface area (Å²) in [4.78, 5) is 0. The zero-order chi connectivity index (χ0) is 0. The van der Waals surface area contributed by atoms with Gasteiger partial charge in [0, 0.05) is 62.2 Å². The molecular formula is H4O2U2. The van der Waals surface area contributed by atoms with Gasteiger partial charge in [0.05, 0.1) is 0 Å². The third kappa shape index (κ3) is 8.98. The Hall–Kier alpha value is 2.02. The molecule has 0 aromatic heterocycles. The second-order valence-corrected chi connectivity index (χ2v) is 0. The van der Waals surface area contributed by atoms with E-state index >= 15 is 0 Å². The average Bonchev–Trinajstić information content (AvgIpc) is 0. The summed E-state index contributed by atoms with van der Waals surface area (Å²) < 4.78 is 0. The van der Waals surface area contributed by atoms with Crippen LogP contribution in [-0.4, -0.2) is 11.0 Å². The van der Waals surface area contributed by atoms with Crippen molar-refractivity contribution in [3.05, 3.63) is 0 Å². The van der Waals surface area contributed by atoms with Gasteiger partial charge in [0.2, 0.25) is 0 Å². The van der Waals surface area contributed by atoms with Gasteiger partial charge < -0.3 is 11.0 Å². The van der Waals surface area contributed by atoms with Gasteiger partial charge in [-0.15, -0.1) is 0 Å². The van der Waals surface area contributed by atoms with Crippen molar-refractivity contribution < 1.29 is 73.2 Å². The Labute approximate surface area is 72.1 Å². The van der Waals surface area contributed by atoms with E-state index in [2.05, 4.69) is 0 Å². The maximum absolute atomic E-state index is 0. The molecule has 0 aliphatic carbocycles. The van der Waals surface area contributed by atoms with Gasteiger partial charge >= 0.3 is 0 Å². The fraction of sp³-hybridized carbons (Fsp3) is 0. The molecule has 4 N–H and O–H groups in total. The Morgan fingerprint density at radius 3 is 0.500 bits per heavy atom. The summed E-state index contributed by atoms with van der Waals surface area (Å²) >= 11 is 0. The molecule has 0 saturated carbocycles. The van der Waals surface area contributed by atoms with Gasteiger partial charge in [0.15, 0.2) is 0 Å². The molecule has 0 aromatic carbocycles. The Bertz CT molecular complexity index is 4.00. The van der Waals surface area contributed by atoms with E-state index in [1.54, 1.807) is 0 Å². The van der Waals surface area contributed by atoms with Crippen LogP contribution in [0.2, 0.25) is 0 Å². The first-order valence-electron chi connectivity index (χ1n) is 0. The molecule has 0 amide bonds. The molecule has 0 aliphatic heterocycles. The fourth-order valence-corrected chi connectivity index (χ4v) is 0. The van der Waals surface area contributed by atoms with Crippen LogP contribution >= 0.6 is 0 Å². The molecule has 2 nitrogen and oxygen atoms in total. The van der Waals surface area contributed by atoms with Crippen LogP contribution in [0.15, 0.2) is 0 Å². The molecule has 0 heterocycles. The van der Waals surface area contributed by atoms with Crippen molar-refractivity contribution in [2.75, 3.05) is 0 Å². The minimum absolute atomic E-state index is 0. The van der Waals surface area contributed by atoms with E-state index in [1.807, 2.05) is 0 Å². The van der Waals surface area contributed by atoms with Crippen LogP contribution < -0.4 is 0 Å². The first kappa shape index (κ1) is 37.1. The topological polar surface area (TPSA) is 63.0 Å². The number of hydrogen-bond donors (Lipinski definition) is 0. The zero-order valence-electron chi connectivity index (χ0n) is 2.00. The van der Waals surface area contributed by atoms with Gasteiger partial charge in [0.25, 0.3) is 0 Å². The molecule has 0 radical (unpaired) electrons. The molecule has 0 saturated heterocycles. The number of rotatable bonds is 0. The van der Waals surface area contributed by atoms with Crippen molar-refractivity contribution >= 4 is 0 Å². The summed E-state index contributed by atoms with van der Waals surface area (Å²) in [5.74, 6) is 0. The average molecular weight is 512 g/mol. The van der Waals surface area contributed by atoms with Gasteiger partial charge in [-0.3, -0.25) is 0 Å². The molecule has 0 aliphatic rings. The summed E-state index contributed by atoms with van der Waals surface area (Å²) in [7, 11) is 0. The largest absolute Gasteiger partial charge is 0.412 e. The second kappa shape index (κ2) is 19.9. The van der Waals surface area contributed by atoms with Gasteiger partial charge in [-0.05, 0) is 0 Å². The van der Waals surface area contributed by atoms with Crippen molar-refractivity contribution in [2.24, 2.45) is 0 Å². The molecule has 0 fully saturated rings. The van der Waals surface area contributed by atoms with Crippen LogP contribution in [0.25, 0.3) is 0 Å². The molecular weight excluding hydrogens is 508 g/mol. The Morgan fingerprint density at radius 2 is 0.500 bits per heavy atom. The first-order valence-corrected chi connectivity index (χ1v) is 0. The van der Waals surface area contributed by atoms with Crippen LogP contribution in [0.5, 0.6) is 0 Å². The smallest absolute Gasteiger partial charge is 0 e. The zero-order valence-corrected chi connectivity index (χ0v) is 10.3. The standard InChI is InChI=1S/2H2O.2U/h2*1H2;;. The van der Waals surface area contributed by atoms with E-state index in [0.717, 1.165) is 0 Å². The monoisotopic (exact) mass is 512 g/mol. The van der Waals surface area contributed by atoms with Crippen LogP contribution in [0.4, 0.5) is 0 Å². The SMILES string of the molecule is O.O.[U].[U]. The molecule has 0 atom stereocenters. The third-order valence-corrected chi connectivity index (χ3v) is 0. The van der Waals surface area contributed by atoms with Gasteiger partial charge in [-0.2, -0.15) is 0 Å². The Balaban J connectivity index is 0. The third-order valence-electron chi connectivity index (χ3n) is 0. The van der Waals surface area contributed by atoms with E-state index in [1.165, 1.54) is 0 Å². The Kier molecular flexibility index (Phi) is 184. The van der Waals surface area contributed by atoms with E-state index in [4.69, 9.17) is 0 Å². The molecule has 0 aromatic rings. The van der Waals surface area contributed by atoms with Gasteiger partial charge in [-0.25, -0.2) is 0 Å². The maximum Gasteiger partial charge on any atom is 0 e. The number of hydrogen-bond acceptors (Lipinski definition) is 0. The van der Waals surface area contributed by atoms with Crippen molar-refractivity contribution in [3.63, 3.8) is 0 Å². The second-order valence-electron chi connectivity index (χ2n) is 0. The predicted octanol–water partition coefficient (Wildman–Crippen LogP) is -1.65. The van der Waals surface area contributed by atoms with E-state index in [9.17, 15) is 0 Å². The van der Waals surface area contributed by atoms with Crippen molar-refractivity contribution in [1.82, 2.24) is 0 Å². The van der Waals surface area contributed by atoms with Crippen LogP contribution in [0.1, 0.15) is 0 Å². The fourth-order valence-electron chi connectivity index (χ4n) is 0. The van der Waals surface area contributed by atoms with Crippen molar-refractivity contribution in [3.8, 4) is 0 Å². The van der Waals surface area contributed by atoms with E-state index < -0.39 is 0 Å². The van der Waals surface area contributed by atoms with E-state index in [-0.39, 0.29) is 73.2 Å². The molecule has 0 rings (SSSR count). The quantitative estimate of drug-likeness (QED) is 0.374. The minimum Gasteiger partial charge on any atom is -0.412 e.